The molecule has 1 amide bonds. The second-order valence-corrected chi connectivity index (χ2v) is 6.65. The Bertz CT molecular complexity index is 1110. The van der Waals surface area contributed by atoms with Gasteiger partial charge in [-0.05, 0) is 42.8 Å². The lowest BCUT2D eigenvalue weighted by molar-refractivity contribution is 0.101. The molecule has 0 saturated heterocycles. The van der Waals surface area contributed by atoms with Crippen LogP contribution in [0.2, 0.25) is 0 Å². The highest BCUT2D eigenvalue weighted by molar-refractivity contribution is 7.14. The molecule has 0 radical (unpaired) electrons. The summed E-state index contributed by atoms with van der Waals surface area (Å²) in [5.41, 5.74) is 2.70. The van der Waals surface area contributed by atoms with Crippen molar-refractivity contribution in [1.29, 1.82) is 0 Å². The summed E-state index contributed by atoms with van der Waals surface area (Å²) >= 11 is 1.29. The molecule has 4 rings (SSSR count). The van der Waals surface area contributed by atoms with Crippen LogP contribution in [0.5, 0.6) is 0 Å². The minimum Gasteiger partial charge on any atom is -0.296 e. The van der Waals surface area contributed by atoms with Crippen molar-refractivity contribution in [2.75, 3.05) is 5.32 Å². The maximum absolute atomic E-state index is 14.2. The SMILES string of the molecule is Cc1ccc(F)c(-n2nccc2C(=O)Nc2nc(-c3ccccn3)cs2)c1. The van der Waals surface area contributed by atoms with Gasteiger partial charge in [0.2, 0.25) is 0 Å². The van der Waals surface area contributed by atoms with Crippen molar-refractivity contribution in [2.24, 2.45) is 0 Å². The van der Waals surface area contributed by atoms with E-state index in [1.165, 1.54) is 34.3 Å². The molecule has 1 aromatic carbocycles. The number of hydrogen-bond donors (Lipinski definition) is 1. The van der Waals surface area contributed by atoms with Crippen LogP contribution in [0.25, 0.3) is 17.1 Å². The van der Waals surface area contributed by atoms with Crippen LogP contribution in [0, 0.1) is 12.7 Å². The first-order valence-corrected chi connectivity index (χ1v) is 8.98. The van der Waals surface area contributed by atoms with Crippen LogP contribution in [-0.4, -0.2) is 25.7 Å². The highest BCUT2D eigenvalue weighted by Crippen LogP contribution is 2.24. The van der Waals surface area contributed by atoms with Crippen molar-refractivity contribution >= 4 is 22.4 Å². The van der Waals surface area contributed by atoms with Crippen molar-refractivity contribution < 1.29 is 9.18 Å². The molecule has 0 unspecified atom stereocenters. The molecule has 0 aliphatic rings. The molecule has 3 heterocycles. The molecule has 0 saturated carbocycles. The minimum absolute atomic E-state index is 0.217. The van der Waals surface area contributed by atoms with Gasteiger partial charge in [-0.2, -0.15) is 5.10 Å². The normalized spacial score (nSPS) is 10.7. The quantitative estimate of drug-likeness (QED) is 0.580. The Labute approximate surface area is 158 Å². The minimum atomic E-state index is -0.454. The average molecular weight is 379 g/mol. The zero-order chi connectivity index (χ0) is 18.8. The lowest BCUT2D eigenvalue weighted by atomic mass is 10.2. The molecule has 0 spiro atoms. The highest BCUT2D eigenvalue weighted by atomic mass is 32.1. The number of aromatic nitrogens is 4. The van der Waals surface area contributed by atoms with Gasteiger partial charge in [0.05, 0.1) is 11.9 Å². The second-order valence-electron chi connectivity index (χ2n) is 5.79. The van der Waals surface area contributed by atoms with Gasteiger partial charge in [-0.3, -0.25) is 15.1 Å². The fourth-order valence-corrected chi connectivity index (χ4v) is 3.28. The van der Waals surface area contributed by atoms with Gasteiger partial charge in [0, 0.05) is 11.6 Å². The van der Waals surface area contributed by atoms with E-state index < -0.39 is 11.7 Å². The first-order valence-electron chi connectivity index (χ1n) is 8.10. The Morgan fingerprint density at radius 1 is 1.15 bits per heavy atom. The van der Waals surface area contributed by atoms with Crippen LogP contribution in [0.15, 0.2) is 60.2 Å². The molecule has 4 aromatic rings. The molecule has 8 heteroatoms. The van der Waals surface area contributed by atoms with E-state index >= 15 is 0 Å². The van der Waals surface area contributed by atoms with Crippen LogP contribution in [0.1, 0.15) is 16.1 Å². The Kier molecular flexibility index (Phi) is 4.47. The molecule has 27 heavy (non-hydrogen) atoms. The summed E-state index contributed by atoms with van der Waals surface area (Å²) in [6.07, 6.45) is 3.14. The predicted molar refractivity (Wildman–Crippen MR) is 102 cm³/mol. The van der Waals surface area contributed by atoms with Crippen LogP contribution in [0.3, 0.4) is 0 Å². The van der Waals surface area contributed by atoms with Gasteiger partial charge in [0.1, 0.15) is 22.9 Å². The Hall–Kier alpha value is -3.39. The van der Waals surface area contributed by atoms with E-state index in [1.807, 2.05) is 30.5 Å². The zero-order valence-corrected chi connectivity index (χ0v) is 15.1. The standard InChI is InChI=1S/C19H14FN5OS/c1-12-5-6-13(20)17(10-12)25-16(7-9-22-25)18(26)24-19-23-15(11-27-19)14-4-2-3-8-21-14/h2-11H,1H3,(H,23,24,26). The number of aryl methyl sites for hydroxylation is 1. The van der Waals surface area contributed by atoms with Crippen molar-refractivity contribution in [2.45, 2.75) is 6.92 Å². The number of hydrogen-bond acceptors (Lipinski definition) is 5. The zero-order valence-electron chi connectivity index (χ0n) is 14.3. The summed E-state index contributed by atoms with van der Waals surface area (Å²) in [5.74, 6) is -0.875. The number of benzene rings is 1. The number of rotatable bonds is 4. The van der Waals surface area contributed by atoms with Crippen LogP contribution in [0.4, 0.5) is 9.52 Å². The summed E-state index contributed by atoms with van der Waals surface area (Å²) in [4.78, 5) is 21.3. The molecule has 0 fully saturated rings. The number of amides is 1. The Morgan fingerprint density at radius 3 is 2.85 bits per heavy atom. The van der Waals surface area contributed by atoms with Gasteiger partial charge in [-0.25, -0.2) is 14.1 Å². The molecule has 3 aromatic heterocycles. The smallest absolute Gasteiger partial charge is 0.276 e. The molecule has 6 nitrogen and oxygen atoms in total. The van der Waals surface area contributed by atoms with Crippen LogP contribution < -0.4 is 5.32 Å². The van der Waals surface area contributed by atoms with Crippen molar-refractivity contribution in [3.05, 3.63) is 77.3 Å². The Balaban J connectivity index is 1.59. The maximum atomic E-state index is 14.2. The third kappa shape index (κ3) is 3.47. The summed E-state index contributed by atoms with van der Waals surface area (Å²) in [6.45, 7) is 1.85. The summed E-state index contributed by atoms with van der Waals surface area (Å²) in [6, 6.07) is 11.7. The molecule has 0 bridgehead atoms. The summed E-state index contributed by atoms with van der Waals surface area (Å²) in [7, 11) is 0. The Morgan fingerprint density at radius 2 is 2.04 bits per heavy atom. The molecular weight excluding hydrogens is 365 g/mol. The maximum Gasteiger partial charge on any atom is 0.276 e. The van der Waals surface area contributed by atoms with E-state index in [0.717, 1.165) is 11.3 Å². The number of carbonyl (C=O) groups is 1. The largest absolute Gasteiger partial charge is 0.296 e. The van der Waals surface area contributed by atoms with E-state index in [1.54, 1.807) is 18.3 Å². The third-order valence-corrected chi connectivity index (χ3v) is 4.61. The molecule has 134 valence electrons. The van der Waals surface area contributed by atoms with E-state index in [9.17, 15) is 9.18 Å². The summed E-state index contributed by atoms with van der Waals surface area (Å²) in [5, 5.41) is 9.07. The molecule has 0 aliphatic heterocycles. The third-order valence-electron chi connectivity index (χ3n) is 3.86. The van der Waals surface area contributed by atoms with Gasteiger partial charge in [0.15, 0.2) is 5.13 Å². The van der Waals surface area contributed by atoms with E-state index in [-0.39, 0.29) is 11.4 Å². The van der Waals surface area contributed by atoms with Crippen molar-refractivity contribution in [1.82, 2.24) is 19.7 Å². The lowest BCUT2D eigenvalue weighted by Gasteiger charge is -2.09. The van der Waals surface area contributed by atoms with Crippen molar-refractivity contribution in [3.63, 3.8) is 0 Å². The molecule has 0 aliphatic carbocycles. The fourth-order valence-electron chi connectivity index (χ4n) is 2.58. The van der Waals surface area contributed by atoms with Gasteiger partial charge in [0.25, 0.3) is 5.91 Å². The van der Waals surface area contributed by atoms with Gasteiger partial charge >= 0.3 is 0 Å². The topological polar surface area (TPSA) is 72.7 Å². The number of carbonyl (C=O) groups excluding carboxylic acids is 1. The number of nitrogens with zero attached hydrogens (tertiary/aromatic N) is 4. The van der Waals surface area contributed by atoms with Gasteiger partial charge in [-0.15, -0.1) is 11.3 Å². The van der Waals surface area contributed by atoms with Gasteiger partial charge < -0.3 is 0 Å². The van der Waals surface area contributed by atoms with E-state index in [4.69, 9.17) is 0 Å². The van der Waals surface area contributed by atoms with Gasteiger partial charge in [-0.1, -0.05) is 12.1 Å². The van der Waals surface area contributed by atoms with Crippen LogP contribution in [-0.2, 0) is 0 Å². The fraction of sp³-hybridized carbons (Fsp3) is 0.0526. The predicted octanol–water partition coefficient (Wildman–Crippen LogP) is 4.09. The lowest BCUT2D eigenvalue weighted by Crippen LogP contribution is -2.17. The highest BCUT2D eigenvalue weighted by Gasteiger charge is 2.17. The number of halogens is 1. The first-order chi connectivity index (χ1) is 13.1. The summed E-state index contributed by atoms with van der Waals surface area (Å²) < 4.78 is 15.5. The molecular formula is C19H14FN5OS. The van der Waals surface area contributed by atoms with E-state index in [0.29, 0.717) is 10.8 Å². The number of nitrogens with one attached hydrogen (secondary N) is 1. The molecule has 1 N–H and O–H groups in total. The van der Waals surface area contributed by atoms with E-state index in [2.05, 4.69) is 20.4 Å². The van der Waals surface area contributed by atoms with Crippen molar-refractivity contribution in [3.8, 4) is 17.1 Å². The average Bonchev–Trinajstić information content (AvgIpc) is 3.34. The number of pyridine rings is 1. The number of anilines is 1. The first kappa shape index (κ1) is 17.0. The second kappa shape index (κ2) is 7.08. The van der Waals surface area contributed by atoms with Crippen LogP contribution >= 0.6 is 11.3 Å². The molecule has 0 atom stereocenters. The number of thiazole rings is 1. The monoisotopic (exact) mass is 379 g/mol.